The van der Waals surface area contributed by atoms with Crippen molar-refractivity contribution in [3.63, 3.8) is 0 Å². The van der Waals surface area contributed by atoms with Crippen LogP contribution in [0, 0.1) is 0 Å². The summed E-state index contributed by atoms with van der Waals surface area (Å²) < 4.78 is 2.58. The summed E-state index contributed by atoms with van der Waals surface area (Å²) in [4.78, 5) is 15.3. The van der Waals surface area contributed by atoms with Crippen LogP contribution >= 0.6 is 11.3 Å². The number of benzene rings is 9. The predicted molar refractivity (Wildman–Crippen MR) is 256 cm³/mol. The maximum Gasteiger partial charge on any atom is 0.164 e. The molecule has 1 spiro atoms. The van der Waals surface area contributed by atoms with E-state index in [0.29, 0.717) is 17.5 Å². The van der Waals surface area contributed by atoms with Gasteiger partial charge in [0.2, 0.25) is 0 Å². The van der Waals surface area contributed by atoms with Gasteiger partial charge in [0, 0.05) is 36.9 Å². The Morgan fingerprint density at radius 3 is 1.47 bits per heavy atom. The van der Waals surface area contributed by atoms with Gasteiger partial charge in [-0.1, -0.05) is 194 Å². The van der Waals surface area contributed by atoms with Crippen molar-refractivity contribution in [2.45, 2.75) is 5.41 Å². The standard InChI is InChI=1S/C58H35N3S/c1-2-14-37(15-3-1)55-59-56(61-57(60-55)41-17-12-16-40(34-41)42-22-13-23-47-46-21-7-11-27-53(46)62-54(42)47)38-30-28-36(29-31-38)39-32-33-52-48(35-39)45-20-6-10-26-51(45)58(52)49-24-8-4-18-43(49)44-19-5-9-25-50(44)58/h1-35H. The summed E-state index contributed by atoms with van der Waals surface area (Å²) in [5.74, 6) is 1.93. The van der Waals surface area contributed by atoms with Crippen LogP contribution in [0.3, 0.4) is 0 Å². The van der Waals surface area contributed by atoms with Gasteiger partial charge in [-0.2, -0.15) is 0 Å². The fourth-order valence-electron chi connectivity index (χ4n) is 10.2. The molecule has 3 nitrogen and oxygen atoms in total. The maximum atomic E-state index is 5.16. The van der Waals surface area contributed by atoms with E-state index in [-0.39, 0.29) is 5.41 Å². The number of nitrogens with zero attached hydrogens (tertiary/aromatic N) is 3. The molecule has 288 valence electrons. The lowest BCUT2D eigenvalue weighted by molar-refractivity contribution is 0.794. The van der Waals surface area contributed by atoms with E-state index in [9.17, 15) is 0 Å². The topological polar surface area (TPSA) is 38.7 Å². The first-order valence-electron chi connectivity index (χ1n) is 21.1. The molecule has 0 saturated carbocycles. The zero-order valence-corrected chi connectivity index (χ0v) is 34.3. The van der Waals surface area contributed by atoms with E-state index in [4.69, 9.17) is 15.0 Å². The zero-order chi connectivity index (χ0) is 40.8. The van der Waals surface area contributed by atoms with Crippen molar-refractivity contribution in [1.29, 1.82) is 0 Å². The van der Waals surface area contributed by atoms with Crippen LogP contribution < -0.4 is 0 Å². The second-order valence-electron chi connectivity index (χ2n) is 16.3. The summed E-state index contributed by atoms with van der Waals surface area (Å²) in [5, 5.41) is 2.58. The molecule has 62 heavy (non-hydrogen) atoms. The molecule has 9 aromatic carbocycles. The van der Waals surface area contributed by atoms with Crippen molar-refractivity contribution in [3.05, 3.63) is 235 Å². The summed E-state index contributed by atoms with van der Waals surface area (Å²) in [5.41, 5.74) is 17.8. The Kier molecular flexibility index (Phi) is 7.69. The Morgan fingerprint density at radius 1 is 0.290 bits per heavy atom. The van der Waals surface area contributed by atoms with Crippen molar-refractivity contribution < 1.29 is 0 Å². The summed E-state index contributed by atoms with van der Waals surface area (Å²) in [7, 11) is 0. The third kappa shape index (κ3) is 5.14. The fraction of sp³-hybridized carbons (Fsp3) is 0.0172. The van der Waals surface area contributed by atoms with Gasteiger partial charge in [0.15, 0.2) is 17.5 Å². The molecule has 0 saturated heterocycles. The number of hydrogen-bond acceptors (Lipinski definition) is 4. The molecule has 2 aliphatic carbocycles. The molecule has 0 atom stereocenters. The predicted octanol–water partition coefficient (Wildman–Crippen LogP) is 14.9. The molecule has 2 heterocycles. The Balaban J connectivity index is 0.899. The molecular weight excluding hydrogens is 771 g/mol. The van der Waals surface area contributed by atoms with E-state index < -0.39 is 0 Å². The highest BCUT2D eigenvalue weighted by Gasteiger charge is 2.51. The van der Waals surface area contributed by atoms with E-state index in [1.54, 1.807) is 0 Å². The van der Waals surface area contributed by atoms with Crippen molar-refractivity contribution in [2.24, 2.45) is 0 Å². The summed E-state index contributed by atoms with van der Waals surface area (Å²) in [6, 6.07) is 76.7. The minimum absolute atomic E-state index is 0.347. The molecule has 13 rings (SSSR count). The molecule has 0 aliphatic heterocycles. The van der Waals surface area contributed by atoms with Crippen LogP contribution in [0.1, 0.15) is 22.3 Å². The largest absolute Gasteiger partial charge is 0.208 e. The van der Waals surface area contributed by atoms with Gasteiger partial charge in [-0.15, -0.1) is 11.3 Å². The van der Waals surface area contributed by atoms with E-state index in [1.807, 2.05) is 29.5 Å². The normalized spacial score (nSPS) is 13.0. The van der Waals surface area contributed by atoms with Crippen LogP contribution in [-0.4, -0.2) is 15.0 Å². The van der Waals surface area contributed by atoms with Gasteiger partial charge in [-0.25, -0.2) is 15.0 Å². The molecule has 2 aromatic heterocycles. The number of rotatable bonds is 5. The molecule has 0 bridgehead atoms. The Bertz CT molecular complexity index is 3540. The van der Waals surface area contributed by atoms with Gasteiger partial charge in [-0.05, 0) is 85.0 Å². The van der Waals surface area contributed by atoms with E-state index in [0.717, 1.165) is 27.8 Å². The Labute approximate surface area is 363 Å². The molecule has 0 amide bonds. The van der Waals surface area contributed by atoms with Gasteiger partial charge in [0.25, 0.3) is 0 Å². The van der Waals surface area contributed by atoms with Crippen LogP contribution in [-0.2, 0) is 5.41 Å². The molecule has 11 aromatic rings. The first-order chi connectivity index (χ1) is 30.7. The second-order valence-corrected chi connectivity index (χ2v) is 17.3. The first-order valence-corrected chi connectivity index (χ1v) is 21.9. The van der Waals surface area contributed by atoms with Crippen LogP contribution in [0.15, 0.2) is 212 Å². The van der Waals surface area contributed by atoms with Crippen LogP contribution in [0.5, 0.6) is 0 Å². The number of thiophene rings is 1. The summed E-state index contributed by atoms with van der Waals surface area (Å²) in [6.07, 6.45) is 0. The summed E-state index contributed by atoms with van der Waals surface area (Å²) in [6.45, 7) is 0. The molecule has 2 aliphatic rings. The van der Waals surface area contributed by atoms with Crippen LogP contribution in [0.4, 0.5) is 0 Å². The number of aromatic nitrogens is 3. The van der Waals surface area contributed by atoms with E-state index in [2.05, 4.69) is 194 Å². The maximum absolute atomic E-state index is 5.16. The third-order valence-electron chi connectivity index (χ3n) is 13.0. The second kappa shape index (κ2) is 13.6. The van der Waals surface area contributed by atoms with Crippen molar-refractivity contribution in [1.82, 2.24) is 15.0 Å². The molecular formula is C58H35N3S. The van der Waals surface area contributed by atoms with Crippen molar-refractivity contribution in [3.8, 4) is 78.7 Å². The van der Waals surface area contributed by atoms with Gasteiger partial charge < -0.3 is 0 Å². The van der Waals surface area contributed by atoms with Crippen LogP contribution in [0.2, 0.25) is 0 Å². The Hall–Kier alpha value is -7.79. The average Bonchev–Trinajstić information content (AvgIpc) is 3.98. The molecule has 0 N–H and O–H groups in total. The van der Waals surface area contributed by atoms with Gasteiger partial charge in [-0.3, -0.25) is 0 Å². The highest BCUT2D eigenvalue weighted by Crippen LogP contribution is 2.63. The molecule has 0 radical (unpaired) electrons. The van der Waals surface area contributed by atoms with E-state index in [1.165, 1.54) is 75.8 Å². The average molecular weight is 806 g/mol. The lowest BCUT2D eigenvalue weighted by Gasteiger charge is -2.30. The fourth-order valence-corrected chi connectivity index (χ4v) is 11.5. The highest BCUT2D eigenvalue weighted by atomic mass is 32.1. The minimum atomic E-state index is -0.347. The molecule has 0 fully saturated rings. The zero-order valence-electron chi connectivity index (χ0n) is 33.5. The van der Waals surface area contributed by atoms with Gasteiger partial charge in [0.1, 0.15) is 0 Å². The quantitative estimate of drug-likeness (QED) is 0.174. The first kappa shape index (κ1) is 35.0. The lowest BCUT2D eigenvalue weighted by atomic mass is 9.70. The van der Waals surface area contributed by atoms with E-state index >= 15 is 0 Å². The lowest BCUT2D eigenvalue weighted by Crippen LogP contribution is -2.25. The highest BCUT2D eigenvalue weighted by molar-refractivity contribution is 7.26. The third-order valence-corrected chi connectivity index (χ3v) is 14.2. The van der Waals surface area contributed by atoms with Crippen molar-refractivity contribution >= 4 is 31.5 Å². The van der Waals surface area contributed by atoms with Crippen LogP contribution in [0.25, 0.3) is 98.8 Å². The minimum Gasteiger partial charge on any atom is -0.208 e. The summed E-state index contributed by atoms with van der Waals surface area (Å²) >= 11 is 1.84. The number of hydrogen-bond donors (Lipinski definition) is 0. The smallest absolute Gasteiger partial charge is 0.164 e. The SMILES string of the molecule is c1ccc(-c2nc(-c3ccc(-c4ccc5c(c4)-c4ccccc4C54c5ccccc5-c5ccccc54)cc3)nc(-c3cccc(-c4cccc5c4sc4ccccc45)c3)n2)cc1. The van der Waals surface area contributed by atoms with Gasteiger partial charge >= 0.3 is 0 Å². The number of fused-ring (bicyclic) bond motifs is 13. The monoisotopic (exact) mass is 805 g/mol. The Morgan fingerprint density at radius 2 is 0.758 bits per heavy atom. The molecule has 4 heteroatoms. The van der Waals surface area contributed by atoms with Gasteiger partial charge in [0.05, 0.1) is 5.41 Å². The van der Waals surface area contributed by atoms with Crippen molar-refractivity contribution in [2.75, 3.05) is 0 Å². The molecule has 0 unspecified atom stereocenters.